The third kappa shape index (κ3) is 2.75. The van der Waals surface area contributed by atoms with Gasteiger partial charge in [0.2, 0.25) is 17.4 Å². The highest BCUT2D eigenvalue weighted by atomic mass is 16.3. The largest absolute Gasteiger partial charge is 0.387 e. The fourth-order valence-corrected chi connectivity index (χ4v) is 6.68. The maximum atomic E-state index is 13.9. The van der Waals surface area contributed by atoms with Crippen molar-refractivity contribution in [2.75, 3.05) is 5.32 Å². The summed E-state index contributed by atoms with van der Waals surface area (Å²) >= 11 is 0. The van der Waals surface area contributed by atoms with Gasteiger partial charge in [-0.2, -0.15) is 0 Å². The summed E-state index contributed by atoms with van der Waals surface area (Å²) in [5.41, 5.74) is 2.27. The quantitative estimate of drug-likeness (QED) is 0.487. The van der Waals surface area contributed by atoms with Crippen LogP contribution >= 0.6 is 0 Å². The molecule has 3 heterocycles. The van der Waals surface area contributed by atoms with Gasteiger partial charge in [-0.15, -0.1) is 0 Å². The summed E-state index contributed by atoms with van der Waals surface area (Å²) in [6.45, 7) is 5.57. The number of quaternary nitrogens is 1. The lowest BCUT2D eigenvalue weighted by atomic mass is 9.75. The van der Waals surface area contributed by atoms with Crippen LogP contribution in [0.25, 0.3) is 0 Å². The second-order valence-corrected chi connectivity index (χ2v) is 10.0. The normalized spacial score (nSPS) is 34.1. The molecule has 5 atom stereocenters. The molecule has 1 aliphatic carbocycles. The third-order valence-electron chi connectivity index (χ3n) is 8.03. The average Bonchev–Trinajstić information content (AvgIpc) is 3.18. The van der Waals surface area contributed by atoms with Gasteiger partial charge in [-0.3, -0.25) is 19.3 Å². The molecule has 3 aliphatic heterocycles. The Kier molecular flexibility index (Phi) is 4.75. The summed E-state index contributed by atoms with van der Waals surface area (Å²) in [4.78, 5) is 42.5. The monoisotopic (exact) mass is 426 g/mol. The maximum Gasteiger partial charge on any atom is 0.291 e. The van der Waals surface area contributed by atoms with Crippen LogP contribution in [-0.2, 0) is 19.9 Å². The van der Waals surface area contributed by atoms with Gasteiger partial charge in [0.05, 0.1) is 5.69 Å². The summed E-state index contributed by atoms with van der Waals surface area (Å²) in [7, 11) is 0. The number of rotatable bonds is 2. The molecule has 7 nitrogen and oxygen atoms in total. The van der Waals surface area contributed by atoms with Gasteiger partial charge in [-0.05, 0) is 45.2 Å². The fourth-order valence-electron chi connectivity index (χ4n) is 6.68. The summed E-state index contributed by atoms with van der Waals surface area (Å²) in [5.74, 6) is -2.16. The Bertz CT molecular complexity index is 966. The summed E-state index contributed by atoms with van der Waals surface area (Å²) in [6, 6.07) is 3.35. The number of likely N-dealkylation sites (tertiary alicyclic amines) is 1. The lowest BCUT2D eigenvalue weighted by molar-refractivity contribution is -0.738. The van der Waals surface area contributed by atoms with Crippen LogP contribution in [-0.4, -0.2) is 45.9 Å². The maximum absolute atomic E-state index is 13.9. The molecule has 2 saturated heterocycles. The highest BCUT2D eigenvalue weighted by Crippen LogP contribution is 2.51. The number of carbonyl (C=O) groups excluding carboxylic acids is 3. The molecule has 4 N–H and O–H groups in total. The van der Waals surface area contributed by atoms with E-state index >= 15 is 0 Å². The Balaban J connectivity index is 1.65. The van der Waals surface area contributed by atoms with Crippen molar-refractivity contribution in [1.29, 1.82) is 0 Å². The zero-order chi connectivity index (χ0) is 22.1. The van der Waals surface area contributed by atoms with Gasteiger partial charge in [0.25, 0.3) is 5.91 Å². The van der Waals surface area contributed by atoms with Crippen molar-refractivity contribution in [2.45, 2.75) is 83.0 Å². The lowest BCUT2D eigenvalue weighted by Crippen LogP contribution is -3.00. The summed E-state index contributed by atoms with van der Waals surface area (Å²) in [5, 5.41) is 15.4. The first-order valence-electron chi connectivity index (χ1n) is 11.6. The highest BCUT2D eigenvalue weighted by molar-refractivity contribution is 6.14. The van der Waals surface area contributed by atoms with Gasteiger partial charge >= 0.3 is 0 Å². The number of hydrogen-bond acceptors (Lipinski definition) is 4. The van der Waals surface area contributed by atoms with Gasteiger partial charge in [0.15, 0.2) is 0 Å². The smallest absolute Gasteiger partial charge is 0.291 e. The number of aryl methyl sites for hydroxylation is 2. The van der Waals surface area contributed by atoms with E-state index in [2.05, 4.69) is 5.32 Å². The molecule has 1 spiro atoms. The van der Waals surface area contributed by atoms with E-state index in [0.717, 1.165) is 60.9 Å². The second kappa shape index (κ2) is 7.14. The van der Waals surface area contributed by atoms with E-state index in [1.807, 2.05) is 31.3 Å². The zero-order valence-electron chi connectivity index (χ0n) is 18.5. The van der Waals surface area contributed by atoms with Crippen molar-refractivity contribution in [3.05, 3.63) is 28.8 Å². The number of amides is 3. The van der Waals surface area contributed by atoms with E-state index in [-0.39, 0.29) is 23.8 Å². The molecule has 0 unspecified atom stereocenters. The van der Waals surface area contributed by atoms with Crippen molar-refractivity contribution in [1.82, 2.24) is 4.90 Å². The molecule has 0 bridgehead atoms. The predicted molar refractivity (Wildman–Crippen MR) is 114 cm³/mol. The minimum atomic E-state index is -1.20. The molecule has 5 rings (SSSR count). The lowest BCUT2D eigenvalue weighted by Gasteiger charge is -2.30. The first-order chi connectivity index (χ1) is 14.8. The summed E-state index contributed by atoms with van der Waals surface area (Å²) < 4.78 is 0. The van der Waals surface area contributed by atoms with Crippen molar-refractivity contribution < 1.29 is 24.8 Å². The molecule has 1 saturated carbocycles. The molecule has 31 heavy (non-hydrogen) atoms. The fraction of sp³-hybridized carbons (Fsp3) is 0.625. The number of carbonyl (C=O) groups is 3. The Morgan fingerprint density at radius 1 is 1.10 bits per heavy atom. The topological polar surface area (TPSA) is 103 Å². The predicted octanol–water partition coefficient (Wildman–Crippen LogP) is 1.10. The Labute approximate surface area is 182 Å². The van der Waals surface area contributed by atoms with E-state index in [1.165, 1.54) is 4.90 Å². The Morgan fingerprint density at radius 2 is 1.77 bits per heavy atom. The number of anilines is 1. The molecule has 7 heteroatoms. The first-order valence-corrected chi connectivity index (χ1v) is 11.6. The number of benzene rings is 1. The minimum Gasteiger partial charge on any atom is -0.387 e. The van der Waals surface area contributed by atoms with Crippen LogP contribution in [0.5, 0.6) is 0 Å². The van der Waals surface area contributed by atoms with Crippen molar-refractivity contribution in [3.8, 4) is 0 Å². The first kappa shape index (κ1) is 20.6. The average molecular weight is 427 g/mol. The van der Waals surface area contributed by atoms with Crippen LogP contribution in [0.2, 0.25) is 0 Å². The van der Waals surface area contributed by atoms with Crippen LogP contribution in [0.4, 0.5) is 5.69 Å². The second-order valence-electron chi connectivity index (χ2n) is 10.0. The van der Waals surface area contributed by atoms with Crippen LogP contribution in [0.1, 0.15) is 62.1 Å². The van der Waals surface area contributed by atoms with Crippen LogP contribution in [0.15, 0.2) is 12.1 Å². The van der Waals surface area contributed by atoms with Crippen molar-refractivity contribution in [3.63, 3.8) is 0 Å². The highest BCUT2D eigenvalue weighted by Gasteiger charge is 2.75. The number of nitrogens with two attached hydrogens (primary N) is 1. The summed E-state index contributed by atoms with van der Waals surface area (Å²) in [6.07, 6.45) is 5.11. The number of nitrogens with one attached hydrogen (secondary N) is 1. The molecule has 0 radical (unpaired) electrons. The number of nitrogens with zero attached hydrogens (tertiary/aromatic N) is 1. The third-order valence-corrected chi connectivity index (χ3v) is 8.03. The number of aliphatic hydroxyl groups is 1. The molecule has 3 amide bonds. The van der Waals surface area contributed by atoms with Gasteiger partial charge < -0.3 is 15.7 Å². The van der Waals surface area contributed by atoms with E-state index in [1.54, 1.807) is 6.92 Å². The standard InChI is InChI=1S/C24H31N3O4/c1-12-10-13(2)19-16(11-12)24(23(31)25-19)18-17(20(26-24)14(3)28)21(29)27(22(18)30)15-8-6-4-5-7-9-15/h10-11,14-15,17-18,20,26,28H,4-9H2,1-3H3,(H,25,31)/p+1/t14-,17+,18+,20-,24+/m1/s1. The molecular weight excluding hydrogens is 394 g/mol. The zero-order valence-corrected chi connectivity index (χ0v) is 18.5. The molecule has 0 aromatic heterocycles. The van der Waals surface area contributed by atoms with Crippen molar-refractivity contribution >= 4 is 23.4 Å². The van der Waals surface area contributed by atoms with Gasteiger partial charge in [0.1, 0.15) is 24.0 Å². The molecular formula is C24H32N3O4+. The number of imide groups is 1. The van der Waals surface area contributed by atoms with E-state index in [4.69, 9.17) is 0 Å². The van der Waals surface area contributed by atoms with Crippen molar-refractivity contribution in [2.24, 2.45) is 11.8 Å². The number of fused-ring (bicyclic) bond motifs is 4. The molecule has 3 fully saturated rings. The molecule has 1 aromatic carbocycles. The van der Waals surface area contributed by atoms with Gasteiger partial charge in [0, 0.05) is 11.6 Å². The van der Waals surface area contributed by atoms with Crippen LogP contribution in [0.3, 0.4) is 0 Å². The SMILES string of the molecule is Cc1cc(C)c2c(c1)[C@@]1([NH2+][C@H]([C@@H](C)O)[C@H]3C(=O)N(C4CCCCCC4)C(=O)[C@H]31)C(=O)N2. The number of hydrogen-bond donors (Lipinski definition) is 3. The molecule has 4 aliphatic rings. The van der Waals surface area contributed by atoms with Crippen LogP contribution in [0, 0.1) is 25.7 Å². The number of aliphatic hydroxyl groups excluding tert-OH is 1. The molecule has 1 aromatic rings. The minimum absolute atomic E-state index is 0.0945. The Morgan fingerprint density at radius 3 is 2.42 bits per heavy atom. The van der Waals surface area contributed by atoms with E-state index < -0.39 is 29.5 Å². The molecule has 166 valence electrons. The van der Waals surface area contributed by atoms with Crippen LogP contribution < -0.4 is 10.6 Å². The van der Waals surface area contributed by atoms with E-state index in [0.29, 0.717) is 0 Å². The Hall–Kier alpha value is -2.25. The van der Waals surface area contributed by atoms with Gasteiger partial charge in [-0.1, -0.05) is 37.3 Å². The van der Waals surface area contributed by atoms with E-state index in [9.17, 15) is 19.5 Å². The van der Waals surface area contributed by atoms with Gasteiger partial charge in [-0.25, -0.2) is 0 Å².